The molecule has 1 aliphatic rings. The van der Waals surface area contributed by atoms with E-state index in [0.29, 0.717) is 6.42 Å². The number of rotatable bonds is 7. The van der Waals surface area contributed by atoms with E-state index in [2.05, 4.69) is 9.80 Å². The highest BCUT2D eigenvalue weighted by Gasteiger charge is 2.18. The Hall–Kier alpha value is -1.66. The summed E-state index contributed by atoms with van der Waals surface area (Å²) in [4.78, 5) is 15.5. The zero-order chi connectivity index (χ0) is 15.9. The highest BCUT2D eigenvalue weighted by molar-refractivity contribution is 5.85. The minimum Gasteiger partial charge on any atom is -0.497 e. The van der Waals surface area contributed by atoms with Gasteiger partial charge in [0.15, 0.2) is 0 Å². The molecular formula is C16H26ClN3O3. The number of primary amides is 1. The van der Waals surface area contributed by atoms with Crippen molar-refractivity contribution in [3.8, 4) is 11.5 Å². The van der Waals surface area contributed by atoms with Crippen LogP contribution in [-0.4, -0.2) is 57.8 Å². The summed E-state index contributed by atoms with van der Waals surface area (Å²) in [7, 11) is 3.32. The molecule has 1 fully saturated rings. The number of carbonyl (C=O) groups excluding carboxylic acids is 1. The van der Waals surface area contributed by atoms with Gasteiger partial charge in [0.25, 0.3) is 0 Å². The minimum absolute atomic E-state index is 0. The van der Waals surface area contributed by atoms with E-state index in [1.54, 1.807) is 14.2 Å². The maximum absolute atomic E-state index is 10.8. The van der Waals surface area contributed by atoms with Crippen LogP contribution < -0.4 is 20.1 Å². The molecule has 1 aromatic carbocycles. The normalized spacial score (nSPS) is 15.0. The molecule has 2 rings (SSSR count). The molecule has 0 aromatic heterocycles. The lowest BCUT2D eigenvalue weighted by Crippen LogP contribution is -2.46. The third-order valence-corrected chi connectivity index (χ3v) is 3.97. The average Bonchev–Trinajstić information content (AvgIpc) is 2.54. The molecule has 1 heterocycles. The Labute approximate surface area is 143 Å². The van der Waals surface area contributed by atoms with Crippen LogP contribution in [0.1, 0.15) is 12.8 Å². The van der Waals surface area contributed by atoms with E-state index in [1.807, 2.05) is 18.2 Å². The molecule has 0 saturated carbocycles. The minimum atomic E-state index is -0.220. The first-order valence-electron chi connectivity index (χ1n) is 7.61. The predicted octanol–water partition coefficient (Wildman–Crippen LogP) is 1.51. The molecular weight excluding hydrogens is 318 g/mol. The molecule has 1 aromatic rings. The third kappa shape index (κ3) is 5.80. The molecule has 130 valence electrons. The summed E-state index contributed by atoms with van der Waals surface area (Å²) in [5, 5.41) is 0. The number of methoxy groups -OCH3 is 2. The van der Waals surface area contributed by atoms with Crippen molar-refractivity contribution in [1.82, 2.24) is 4.90 Å². The Morgan fingerprint density at radius 1 is 1.09 bits per heavy atom. The lowest BCUT2D eigenvalue weighted by atomic mass is 10.2. The van der Waals surface area contributed by atoms with Crippen LogP contribution in [0.4, 0.5) is 5.69 Å². The first-order chi connectivity index (χ1) is 10.6. The molecule has 23 heavy (non-hydrogen) atoms. The SMILES string of the molecule is COc1cc(OC)cc(N2CCN(CCCC(N)=O)CC2)c1.Cl. The Morgan fingerprint density at radius 3 is 2.13 bits per heavy atom. The van der Waals surface area contributed by atoms with Gasteiger partial charge in [-0.15, -0.1) is 12.4 Å². The van der Waals surface area contributed by atoms with Crippen LogP contribution >= 0.6 is 12.4 Å². The van der Waals surface area contributed by atoms with Crippen LogP contribution in [0.2, 0.25) is 0 Å². The highest BCUT2D eigenvalue weighted by atomic mass is 35.5. The van der Waals surface area contributed by atoms with Crippen molar-refractivity contribution in [2.75, 3.05) is 51.8 Å². The molecule has 2 N–H and O–H groups in total. The molecule has 0 aliphatic carbocycles. The van der Waals surface area contributed by atoms with E-state index in [1.165, 1.54) is 0 Å². The summed E-state index contributed by atoms with van der Waals surface area (Å²) in [5.41, 5.74) is 6.29. The molecule has 0 unspecified atom stereocenters. The number of hydrogen-bond acceptors (Lipinski definition) is 5. The molecule has 1 aliphatic heterocycles. The lowest BCUT2D eigenvalue weighted by molar-refractivity contribution is -0.118. The second-order valence-electron chi connectivity index (χ2n) is 5.47. The van der Waals surface area contributed by atoms with Crippen molar-refractivity contribution >= 4 is 24.0 Å². The van der Waals surface area contributed by atoms with Gasteiger partial charge in [-0.2, -0.15) is 0 Å². The molecule has 1 amide bonds. The van der Waals surface area contributed by atoms with E-state index in [0.717, 1.165) is 56.3 Å². The highest BCUT2D eigenvalue weighted by Crippen LogP contribution is 2.29. The Bertz CT molecular complexity index is 483. The topological polar surface area (TPSA) is 68.0 Å². The van der Waals surface area contributed by atoms with Crippen molar-refractivity contribution in [3.05, 3.63) is 18.2 Å². The van der Waals surface area contributed by atoms with Gasteiger partial charge in [-0.05, 0) is 13.0 Å². The van der Waals surface area contributed by atoms with Crippen molar-refractivity contribution in [2.45, 2.75) is 12.8 Å². The summed E-state index contributed by atoms with van der Waals surface area (Å²) >= 11 is 0. The van der Waals surface area contributed by atoms with Crippen molar-refractivity contribution in [2.24, 2.45) is 5.73 Å². The summed E-state index contributed by atoms with van der Waals surface area (Å²) in [5.74, 6) is 1.39. The molecule has 0 radical (unpaired) electrons. The van der Waals surface area contributed by atoms with Gasteiger partial charge in [0.1, 0.15) is 11.5 Å². The number of nitrogens with two attached hydrogens (primary N) is 1. The van der Waals surface area contributed by atoms with Gasteiger partial charge in [-0.1, -0.05) is 0 Å². The number of benzene rings is 1. The number of hydrogen-bond donors (Lipinski definition) is 1. The number of carbonyl (C=O) groups is 1. The lowest BCUT2D eigenvalue weighted by Gasteiger charge is -2.36. The number of piperazine rings is 1. The van der Waals surface area contributed by atoms with E-state index >= 15 is 0 Å². The fourth-order valence-corrected chi connectivity index (χ4v) is 2.68. The molecule has 0 bridgehead atoms. The third-order valence-electron chi connectivity index (χ3n) is 3.97. The summed E-state index contributed by atoms with van der Waals surface area (Å²) in [6.45, 7) is 4.80. The van der Waals surface area contributed by atoms with Gasteiger partial charge >= 0.3 is 0 Å². The largest absolute Gasteiger partial charge is 0.497 e. The fourth-order valence-electron chi connectivity index (χ4n) is 2.68. The van der Waals surface area contributed by atoms with E-state index in [-0.39, 0.29) is 18.3 Å². The van der Waals surface area contributed by atoms with Crippen LogP contribution in [0.25, 0.3) is 0 Å². The van der Waals surface area contributed by atoms with Crippen LogP contribution in [0.3, 0.4) is 0 Å². The van der Waals surface area contributed by atoms with Crippen molar-refractivity contribution in [3.63, 3.8) is 0 Å². The molecule has 6 nitrogen and oxygen atoms in total. The number of nitrogens with zero attached hydrogens (tertiary/aromatic N) is 2. The van der Waals surface area contributed by atoms with Crippen LogP contribution in [0, 0.1) is 0 Å². The summed E-state index contributed by atoms with van der Waals surface area (Å²) in [6.07, 6.45) is 1.30. The van der Waals surface area contributed by atoms with Crippen LogP contribution in [0.15, 0.2) is 18.2 Å². The predicted molar refractivity (Wildman–Crippen MR) is 93.9 cm³/mol. The number of halogens is 1. The maximum Gasteiger partial charge on any atom is 0.217 e. The van der Waals surface area contributed by atoms with Gasteiger partial charge in [-0.3, -0.25) is 9.69 Å². The van der Waals surface area contributed by atoms with E-state index < -0.39 is 0 Å². The Kier molecular flexibility index (Phi) is 7.98. The Morgan fingerprint density at radius 2 is 1.65 bits per heavy atom. The smallest absolute Gasteiger partial charge is 0.217 e. The number of anilines is 1. The zero-order valence-corrected chi connectivity index (χ0v) is 14.6. The van der Waals surface area contributed by atoms with Crippen molar-refractivity contribution in [1.29, 1.82) is 0 Å². The van der Waals surface area contributed by atoms with E-state index in [9.17, 15) is 4.79 Å². The summed E-state index contributed by atoms with van der Waals surface area (Å²) < 4.78 is 10.6. The van der Waals surface area contributed by atoms with Crippen molar-refractivity contribution < 1.29 is 14.3 Å². The molecule has 0 atom stereocenters. The summed E-state index contributed by atoms with van der Waals surface area (Å²) in [6, 6.07) is 5.94. The maximum atomic E-state index is 10.8. The van der Waals surface area contributed by atoms with E-state index in [4.69, 9.17) is 15.2 Å². The Balaban J connectivity index is 0.00000264. The molecule has 1 saturated heterocycles. The van der Waals surface area contributed by atoms with Gasteiger partial charge in [-0.25, -0.2) is 0 Å². The van der Waals surface area contributed by atoms with Gasteiger partial charge in [0.05, 0.1) is 14.2 Å². The number of ether oxygens (including phenoxy) is 2. The molecule has 0 spiro atoms. The van der Waals surface area contributed by atoms with Crippen LogP contribution in [0.5, 0.6) is 11.5 Å². The first kappa shape index (κ1) is 19.4. The van der Waals surface area contributed by atoms with Gasteiger partial charge in [0.2, 0.25) is 5.91 Å². The standard InChI is InChI=1S/C16H25N3O3.ClH/c1-21-14-10-13(11-15(12-14)22-2)19-8-6-18(7-9-19)5-3-4-16(17)20;/h10-12H,3-9H2,1-2H3,(H2,17,20);1H. The van der Waals surface area contributed by atoms with Gasteiger partial charge in [0, 0.05) is 56.5 Å². The second kappa shape index (κ2) is 9.47. The zero-order valence-electron chi connectivity index (χ0n) is 13.8. The first-order valence-corrected chi connectivity index (χ1v) is 7.61. The average molecular weight is 344 g/mol. The molecule has 7 heteroatoms. The number of amides is 1. The second-order valence-corrected chi connectivity index (χ2v) is 5.47. The fraction of sp³-hybridized carbons (Fsp3) is 0.562. The quantitative estimate of drug-likeness (QED) is 0.813. The van der Waals surface area contributed by atoms with Gasteiger partial charge < -0.3 is 20.1 Å². The van der Waals surface area contributed by atoms with Crippen LogP contribution in [-0.2, 0) is 4.79 Å². The monoisotopic (exact) mass is 343 g/mol.